The van der Waals surface area contributed by atoms with Crippen molar-refractivity contribution in [3.63, 3.8) is 0 Å². The number of carbonyl (C=O) groups excluding carboxylic acids is 1. The van der Waals surface area contributed by atoms with E-state index < -0.39 is 0 Å². The highest BCUT2D eigenvalue weighted by Gasteiger charge is 2.18. The van der Waals surface area contributed by atoms with Gasteiger partial charge in [0.2, 0.25) is 5.91 Å². The molecular formula is C18H22ClN3O2. The molecule has 1 amide bonds. The number of aromatic nitrogens is 2. The largest absolute Gasteiger partial charge is 0.342 e. The molecule has 1 aromatic carbocycles. The third-order valence-electron chi connectivity index (χ3n) is 4.13. The van der Waals surface area contributed by atoms with Crippen molar-refractivity contribution in [2.45, 2.75) is 34.2 Å². The Morgan fingerprint density at radius 2 is 1.92 bits per heavy atom. The zero-order valence-electron chi connectivity index (χ0n) is 14.5. The topological polar surface area (TPSA) is 55.2 Å². The average Bonchev–Trinajstić information content (AvgIpc) is 2.56. The number of hydrogen-bond acceptors (Lipinski definition) is 3. The van der Waals surface area contributed by atoms with Crippen LogP contribution >= 0.6 is 11.6 Å². The van der Waals surface area contributed by atoms with E-state index in [1.165, 1.54) is 4.57 Å². The van der Waals surface area contributed by atoms with Crippen LogP contribution in [0.2, 0.25) is 5.02 Å². The minimum Gasteiger partial charge on any atom is -0.342 e. The van der Waals surface area contributed by atoms with Gasteiger partial charge in [-0.05, 0) is 39.8 Å². The van der Waals surface area contributed by atoms with E-state index in [1.54, 1.807) is 36.9 Å². The lowest BCUT2D eigenvalue weighted by atomic mass is 10.1. The second-order valence-corrected chi connectivity index (χ2v) is 6.05. The predicted octanol–water partition coefficient (Wildman–Crippen LogP) is 3.05. The Hall–Kier alpha value is -2.14. The molecule has 0 saturated heterocycles. The van der Waals surface area contributed by atoms with E-state index in [2.05, 4.69) is 4.98 Å². The van der Waals surface area contributed by atoms with Crippen molar-refractivity contribution in [2.24, 2.45) is 0 Å². The first kappa shape index (κ1) is 18.2. The van der Waals surface area contributed by atoms with E-state index in [0.29, 0.717) is 35.2 Å². The molecule has 128 valence electrons. The number of amides is 1. The molecule has 0 aliphatic rings. The van der Waals surface area contributed by atoms with E-state index in [1.807, 2.05) is 19.9 Å². The lowest BCUT2D eigenvalue weighted by Crippen LogP contribution is -2.37. The molecule has 0 saturated carbocycles. The van der Waals surface area contributed by atoms with Crippen molar-refractivity contribution in [3.8, 4) is 11.4 Å². The molecule has 0 aliphatic heterocycles. The summed E-state index contributed by atoms with van der Waals surface area (Å²) in [5, 5.41) is 0.557. The maximum Gasteiger partial charge on any atom is 0.257 e. The molecular weight excluding hydrogens is 326 g/mol. The van der Waals surface area contributed by atoms with Crippen molar-refractivity contribution in [2.75, 3.05) is 13.1 Å². The summed E-state index contributed by atoms with van der Waals surface area (Å²) in [5.74, 6) is 0.363. The Balaban J connectivity index is 2.59. The summed E-state index contributed by atoms with van der Waals surface area (Å²) >= 11 is 6.07. The molecule has 0 aliphatic carbocycles. The first-order chi connectivity index (χ1) is 11.4. The SMILES string of the molecule is CCN(CC)C(=O)Cn1c(-c2cccc(Cl)c2)nc(C)c(C)c1=O. The van der Waals surface area contributed by atoms with Crippen LogP contribution in [0, 0.1) is 13.8 Å². The molecule has 2 aromatic rings. The molecule has 2 rings (SSSR count). The standard InChI is InChI=1S/C18H22ClN3O2/c1-5-21(6-2)16(23)11-22-17(14-8-7-9-15(19)10-14)20-13(4)12(3)18(22)24/h7-10H,5-6,11H2,1-4H3. The molecule has 0 radical (unpaired) electrons. The Morgan fingerprint density at radius 3 is 2.50 bits per heavy atom. The second-order valence-electron chi connectivity index (χ2n) is 5.61. The number of benzene rings is 1. The Bertz CT molecular complexity index is 810. The van der Waals surface area contributed by atoms with Gasteiger partial charge in [-0.1, -0.05) is 23.7 Å². The number of hydrogen-bond donors (Lipinski definition) is 0. The summed E-state index contributed by atoms with van der Waals surface area (Å²) in [4.78, 5) is 31.4. The maximum absolute atomic E-state index is 12.7. The molecule has 1 aromatic heterocycles. The van der Waals surface area contributed by atoms with Gasteiger partial charge in [0, 0.05) is 34.9 Å². The third-order valence-corrected chi connectivity index (χ3v) is 4.37. The van der Waals surface area contributed by atoms with Crippen LogP contribution in [0.3, 0.4) is 0 Å². The normalized spacial score (nSPS) is 10.7. The number of rotatable bonds is 5. The Kier molecular flexibility index (Phi) is 5.78. The Morgan fingerprint density at radius 1 is 1.25 bits per heavy atom. The second kappa shape index (κ2) is 7.62. The minimum absolute atomic E-state index is 0.0313. The van der Waals surface area contributed by atoms with Crippen LogP contribution in [-0.2, 0) is 11.3 Å². The van der Waals surface area contributed by atoms with E-state index in [-0.39, 0.29) is 18.0 Å². The Labute approximate surface area is 146 Å². The van der Waals surface area contributed by atoms with Gasteiger partial charge in [-0.3, -0.25) is 14.2 Å². The van der Waals surface area contributed by atoms with Gasteiger partial charge in [0.1, 0.15) is 12.4 Å². The molecule has 0 spiro atoms. The zero-order valence-corrected chi connectivity index (χ0v) is 15.2. The van der Waals surface area contributed by atoms with Crippen LogP contribution < -0.4 is 5.56 Å². The summed E-state index contributed by atoms with van der Waals surface area (Å²) in [6.07, 6.45) is 0. The van der Waals surface area contributed by atoms with Crippen LogP contribution in [0.15, 0.2) is 29.1 Å². The van der Waals surface area contributed by atoms with Crippen molar-refractivity contribution in [3.05, 3.63) is 50.9 Å². The first-order valence-electron chi connectivity index (χ1n) is 8.00. The van der Waals surface area contributed by atoms with Gasteiger partial charge in [-0.2, -0.15) is 0 Å². The quantitative estimate of drug-likeness (QED) is 0.835. The first-order valence-corrected chi connectivity index (χ1v) is 8.38. The molecule has 0 N–H and O–H groups in total. The van der Waals surface area contributed by atoms with E-state index in [9.17, 15) is 9.59 Å². The fraction of sp³-hybridized carbons (Fsp3) is 0.389. The summed E-state index contributed by atoms with van der Waals surface area (Å²) in [6, 6.07) is 7.14. The molecule has 0 bridgehead atoms. The van der Waals surface area contributed by atoms with Crippen LogP contribution in [0.1, 0.15) is 25.1 Å². The fourth-order valence-electron chi connectivity index (χ4n) is 2.56. The van der Waals surface area contributed by atoms with E-state index >= 15 is 0 Å². The van der Waals surface area contributed by atoms with Crippen molar-refractivity contribution >= 4 is 17.5 Å². The van der Waals surface area contributed by atoms with Gasteiger partial charge in [-0.25, -0.2) is 4.98 Å². The van der Waals surface area contributed by atoms with Gasteiger partial charge in [0.25, 0.3) is 5.56 Å². The average molecular weight is 348 g/mol. The summed E-state index contributed by atoms with van der Waals surface area (Å²) in [6.45, 7) is 8.54. The molecule has 1 heterocycles. The molecule has 0 fully saturated rings. The van der Waals surface area contributed by atoms with Crippen molar-refractivity contribution < 1.29 is 4.79 Å². The summed E-state index contributed by atoms with van der Waals surface area (Å²) in [5.41, 5.74) is 1.72. The fourth-order valence-corrected chi connectivity index (χ4v) is 2.75. The predicted molar refractivity (Wildman–Crippen MR) is 96.3 cm³/mol. The van der Waals surface area contributed by atoms with Gasteiger partial charge < -0.3 is 4.90 Å². The zero-order chi connectivity index (χ0) is 17.9. The molecule has 0 atom stereocenters. The number of halogens is 1. The van der Waals surface area contributed by atoms with Crippen molar-refractivity contribution in [1.82, 2.24) is 14.5 Å². The molecule has 5 nitrogen and oxygen atoms in total. The highest BCUT2D eigenvalue weighted by Crippen LogP contribution is 2.21. The lowest BCUT2D eigenvalue weighted by Gasteiger charge is -2.21. The van der Waals surface area contributed by atoms with Crippen LogP contribution in [0.5, 0.6) is 0 Å². The lowest BCUT2D eigenvalue weighted by molar-refractivity contribution is -0.131. The summed E-state index contributed by atoms with van der Waals surface area (Å²) < 4.78 is 1.44. The minimum atomic E-state index is -0.196. The van der Waals surface area contributed by atoms with Crippen LogP contribution in [0.4, 0.5) is 0 Å². The highest BCUT2D eigenvalue weighted by atomic mass is 35.5. The van der Waals surface area contributed by atoms with Crippen LogP contribution in [0.25, 0.3) is 11.4 Å². The maximum atomic E-state index is 12.7. The number of aryl methyl sites for hydroxylation is 1. The smallest absolute Gasteiger partial charge is 0.257 e. The molecule has 24 heavy (non-hydrogen) atoms. The summed E-state index contributed by atoms with van der Waals surface area (Å²) in [7, 11) is 0. The highest BCUT2D eigenvalue weighted by molar-refractivity contribution is 6.30. The van der Waals surface area contributed by atoms with E-state index in [0.717, 1.165) is 5.56 Å². The van der Waals surface area contributed by atoms with Crippen LogP contribution in [-0.4, -0.2) is 33.4 Å². The van der Waals surface area contributed by atoms with E-state index in [4.69, 9.17) is 11.6 Å². The van der Waals surface area contributed by atoms with Gasteiger partial charge in [-0.15, -0.1) is 0 Å². The molecule has 0 unspecified atom stereocenters. The van der Waals surface area contributed by atoms with Gasteiger partial charge >= 0.3 is 0 Å². The van der Waals surface area contributed by atoms with Gasteiger partial charge in [0.05, 0.1) is 0 Å². The number of carbonyl (C=O) groups is 1. The van der Waals surface area contributed by atoms with Gasteiger partial charge in [0.15, 0.2) is 0 Å². The third kappa shape index (κ3) is 3.67. The number of nitrogens with zero attached hydrogens (tertiary/aromatic N) is 3. The monoisotopic (exact) mass is 347 g/mol. The number of likely N-dealkylation sites (N-methyl/N-ethyl adjacent to an activating group) is 1. The molecule has 6 heteroatoms. The van der Waals surface area contributed by atoms with Crippen molar-refractivity contribution in [1.29, 1.82) is 0 Å².